The second-order valence-corrected chi connectivity index (χ2v) is 7.53. The van der Waals surface area contributed by atoms with Crippen LogP contribution in [0.5, 0.6) is 11.6 Å². The summed E-state index contributed by atoms with van der Waals surface area (Å²) in [5.41, 5.74) is 2.17. The third-order valence-corrected chi connectivity index (χ3v) is 5.04. The van der Waals surface area contributed by atoms with E-state index in [2.05, 4.69) is 25.6 Å². The molecule has 2 amide bonds. The molecule has 9 heteroatoms. The van der Waals surface area contributed by atoms with Gasteiger partial charge in [-0.3, -0.25) is 4.57 Å². The van der Waals surface area contributed by atoms with Crippen LogP contribution < -0.4 is 15.4 Å². The van der Waals surface area contributed by atoms with E-state index < -0.39 is 0 Å². The summed E-state index contributed by atoms with van der Waals surface area (Å²) in [6, 6.07) is 13.7. The van der Waals surface area contributed by atoms with Crippen molar-refractivity contribution < 1.29 is 9.53 Å². The van der Waals surface area contributed by atoms with Crippen LogP contribution in [0.3, 0.4) is 0 Å². The zero-order valence-corrected chi connectivity index (χ0v) is 18.5. The number of urea groups is 1. The van der Waals surface area contributed by atoms with E-state index >= 15 is 0 Å². The van der Waals surface area contributed by atoms with Crippen LogP contribution in [0.4, 0.5) is 16.2 Å². The Kier molecular flexibility index (Phi) is 6.04. The maximum atomic E-state index is 12.2. The predicted octanol–water partition coefficient (Wildman–Crippen LogP) is 5.68. The fourth-order valence-corrected chi connectivity index (χ4v) is 3.19. The van der Waals surface area contributed by atoms with E-state index in [9.17, 15) is 4.79 Å². The first kappa shape index (κ1) is 21.3. The summed E-state index contributed by atoms with van der Waals surface area (Å²) in [7, 11) is 0. The molecule has 2 heterocycles. The Bertz CT molecular complexity index is 1270. The van der Waals surface area contributed by atoms with Gasteiger partial charge in [-0.25, -0.2) is 14.8 Å². The molecule has 0 unspecified atom stereocenters. The molecular formula is C23H21ClN6O2. The van der Waals surface area contributed by atoms with E-state index in [4.69, 9.17) is 16.3 Å². The summed E-state index contributed by atoms with van der Waals surface area (Å²) in [4.78, 5) is 25.2. The van der Waals surface area contributed by atoms with Crippen LogP contribution in [-0.4, -0.2) is 25.6 Å². The number of carbonyl (C=O) groups excluding carboxylic acids is 1. The van der Waals surface area contributed by atoms with Crippen molar-refractivity contribution in [1.29, 1.82) is 0 Å². The molecular weight excluding hydrogens is 428 g/mol. The second-order valence-electron chi connectivity index (χ2n) is 7.13. The molecule has 4 rings (SSSR count). The summed E-state index contributed by atoms with van der Waals surface area (Å²) in [6.07, 6.45) is 3.54. The lowest BCUT2D eigenvalue weighted by Crippen LogP contribution is -2.19. The highest BCUT2D eigenvalue weighted by Gasteiger charge is 2.09. The number of anilines is 2. The number of amides is 2. The first-order chi connectivity index (χ1) is 15.4. The van der Waals surface area contributed by atoms with Crippen molar-refractivity contribution in [3.05, 3.63) is 83.2 Å². The van der Waals surface area contributed by atoms with Crippen LogP contribution in [0, 0.1) is 20.8 Å². The zero-order chi connectivity index (χ0) is 22.7. The molecule has 0 atom stereocenters. The number of hydrogen-bond donors (Lipinski definition) is 2. The Labute approximate surface area is 190 Å². The Morgan fingerprint density at radius 2 is 1.69 bits per heavy atom. The number of nitrogens with zero attached hydrogens (tertiary/aromatic N) is 4. The van der Waals surface area contributed by atoms with Crippen LogP contribution >= 0.6 is 11.6 Å². The maximum Gasteiger partial charge on any atom is 0.323 e. The smallest absolute Gasteiger partial charge is 0.323 e. The van der Waals surface area contributed by atoms with Crippen molar-refractivity contribution in [2.45, 2.75) is 20.8 Å². The Morgan fingerprint density at radius 3 is 2.38 bits per heavy atom. The van der Waals surface area contributed by atoms with Gasteiger partial charge in [-0.15, -0.1) is 0 Å². The highest BCUT2D eigenvalue weighted by atomic mass is 35.5. The number of carbonyl (C=O) groups is 1. The summed E-state index contributed by atoms with van der Waals surface area (Å²) in [5.74, 6) is 3.06. The fraction of sp³-hybridized carbons (Fsp3) is 0.130. The highest BCUT2D eigenvalue weighted by molar-refractivity contribution is 6.31. The molecule has 0 bridgehead atoms. The molecule has 0 aliphatic heterocycles. The number of halogens is 1. The summed E-state index contributed by atoms with van der Waals surface area (Å²) >= 11 is 6.10. The summed E-state index contributed by atoms with van der Waals surface area (Å²) in [5, 5.41) is 6.12. The van der Waals surface area contributed by atoms with Gasteiger partial charge in [-0.05, 0) is 62.7 Å². The predicted molar refractivity (Wildman–Crippen MR) is 124 cm³/mol. The van der Waals surface area contributed by atoms with E-state index in [0.717, 1.165) is 11.4 Å². The molecule has 2 N–H and O–H groups in total. The number of aromatic nitrogens is 4. The van der Waals surface area contributed by atoms with Gasteiger partial charge < -0.3 is 15.4 Å². The van der Waals surface area contributed by atoms with E-state index in [-0.39, 0.29) is 6.03 Å². The van der Waals surface area contributed by atoms with Gasteiger partial charge in [0.05, 0.1) is 0 Å². The number of hydrogen-bond acceptors (Lipinski definition) is 5. The summed E-state index contributed by atoms with van der Waals surface area (Å²) in [6.45, 7) is 5.60. The van der Waals surface area contributed by atoms with Crippen molar-refractivity contribution >= 4 is 29.0 Å². The van der Waals surface area contributed by atoms with Gasteiger partial charge in [-0.1, -0.05) is 17.7 Å². The van der Waals surface area contributed by atoms with Crippen LogP contribution in [0.15, 0.2) is 60.9 Å². The van der Waals surface area contributed by atoms with Gasteiger partial charge in [0.15, 0.2) is 0 Å². The lowest BCUT2D eigenvalue weighted by Gasteiger charge is -2.11. The number of rotatable bonds is 5. The lowest BCUT2D eigenvalue weighted by molar-refractivity contribution is 0.262. The first-order valence-corrected chi connectivity index (χ1v) is 10.2. The molecule has 0 radical (unpaired) electrons. The van der Waals surface area contributed by atoms with Crippen LogP contribution in [0.1, 0.15) is 17.2 Å². The minimum atomic E-state index is -0.370. The fourth-order valence-electron chi connectivity index (χ4n) is 3.01. The highest BCUT2D eigenvalue weighted by Crippen LogP contribution is 2.24. The van der Waals surface area contributed by atoms with Crippen LogP contribution in [-0.2, 0) is 0 Å². The molecule has 0 saturated heterocycles. The molecule has 4 aromatic rings. The van der Waals surface area contributed by atoms with E-state index in [1.165, 1.54) is 0 Å². The quantitative estimate of drug-likeness (QED) is 0.409. The number of nitrogens with one attached hydrogen (secondary N) is 2. The average molecular weight is 449 g/mol. The molecule has 0 aliphatic rings. The minimum absolute atomic E-state index is 0.370. The molecule has 0 saturated carbocycles. The van der Waals surface area contributed by atoms with Crippen LogP contribution in [0.2, 0.25) is 5.02 Å². The normalized spacial score (nSPS) is 10.6. The Hall–Kier alpha value is -3.91. The van der Waals surface area contributed by atoms with Crippen LogP contribution in [0.25, 0.3) is 5.82 Å². The average Bonchev–Trinajstić information content (AvgIpc) is 3.18. The largest absolute Gasteiger partial charge is 0.439 e. The number of benzene rings is 2. The topological polar surface area (TPSA) is 94.0 Å². The van der Waals surface area contributed by atoms with Gasteiger partial charge in [-0.2, -0.15) is 4.98 Å². The van der Waals surface area contributed by atoms with Gasteiger partial charge in [0, 0.05) is 34.9 Å². The SMILES string of the molecule is Cc1nc(Oc2ccc(NC(=O)Nc3ccc(C)c(Cl)c3)cc2)cc(-n2ccnc2C)n1. The summed E-state index contributed by atoms with van der Waals surface area (Å²) < 4.78 is 7.75. The van der Waals surface area contributed by atoms with Crippen molar-refractivity contribution in [1.82, 2.24) is 19.5 Å². The molecule has 32 heavy (non-hydrogen) atoms. The van der Waals surface area contributed by atoms with Gasteiger partial charge in [0.1, 0.15) is 23.2 Å². The molecule has 0 fully saturated rings. The minimum Gasteiger partial charge on any atom is -0.439 e. The number of imidazole rings is 1. The molecule has 0 spiro atoms. The van der Waals surface area contributed by atoms with Gasteiger partial charge in [0.2, 0.25) is 5.88 Å². The Balaban J connectivity index is 1.42. The van der Waals surface area contributed by atoms with E-state index in [1.54, 1.807) is 55.6 Å². The molecule has 162 valence electrons. The molecule has 2 aromatic carbocycles. The monoisotopic (exact) mass is 448 g/mol. The number of ether oxygens (including phenoxy) is 1. The van der Waals surface area contributed by atoms with E-state index in [0.29, 0.717) is 39.7 Å². The van der Waals surface area contributed by atoms with Crippen molar-refractivity contribution in [2.75, 3.05) is 10.6 Å². The first-order valence-electron chi connectivity index (χ1n) is 9.85. The number of aryl methyl sites for hydroxylation is 3. The molecule has 2 aromatic heterocycles. The standard InChI is InChI=1S/C23H21ClN6O2/c1-14-4-5-18(12-20(14)24)29-23(31)28-17-6-8-19(9-7-17)32-22-13-21(26-15(2)27-22)30-11-10-25-16(30)3/h4-13H,1-3H3,(H2,28,29,31). The van der Waals surface area contributed by atoms with Crippen molar-refractivity contribution in [3.63, 3.8) is 0 Å². The van der Waals surface area contributed by atoms with Crippen molar-refractivity contribution in [2.24, 2.45) is 0 Å². The van der Waals surface area contributed by atoms with Gasteiger partial charge in [0.25, 0.3) is 0 Å². The van der Waals surface area contributed by atoms with Gasteiger partial charge >= 0.3 is 6.03 Å². The molecule has 0 aliphatic carbocycles. The van der Waals surface area contributed by atoms with E-state index in [1.807, 2.05) is 30.7 Å². The third kappa shape index (κ3) is 5.04. The lowest BCUT2D eigenvalue weighted by atomic mass is 10.2. The molecule has 8 nitrogen and oxygen atoms in total. The van der Waals surface area contributed by atoms with Crippen molar-refractivity contribution in [3.8, 4) is 17.4 Å². The zero-order valence-electron chi connectivity index (χ0n) is 17.8. The maximum absolute atomic E-state index is 12.2. The third-order valence-electron chi connectivity index (χ3n) is 4.64. The second kappa shape index (κ2) is 9.07. The Morgan fingerprint density at radius 1 is 0.969 bits per heavy atom.